The van der Waals surface area contributed by atoms with Crippen LogP contribution in [0.4, 0.5) is 0 Å². The Morgan fingerprint density at radius 1 is 1.61 bits per heavy atom. The first-order chi connectivity index (χ1) is 8.81. The van der Waals surface area contributed by atoms with Gasteiger partial charge in [-0.2, -0.15) is 16.3 Å². The molecule has 96 valence electrons. The first-order valence-electron chi connectivity index (χ1n) is 6.12. The van der Waals surface area contributed by atoms with Crippen LogP contribution in [-0.4, -0.2) is 40.7 Å². The average Bonchev–Trinajstić information content (AvgIpc) is 2.98. The highest BCUT2D eigenvalue weighted by molar-refractivity contribution is 7.08. The lowest BCUT2D eigenvalue weighted by molar-refractivity contribution is 0.193. The standard InChI is InChI=1S/C12H16N4OS/c1-9-6-16(4-3-13-9)7-11-14-12(17-15-11)10-2-5-18-8-10/h2,5,8-9,13H,3-4,6-7H2,1H3/t9-/m1/s1. The second kappa shape index (κ2) is 5.17. The molecule has 2 aromatic rings. The van der Waals surface area contributed by atoms with Crippen molar-refractivity contribution in [3.05, 3.63) is 22.7 Å². The van der Waals surface area contributed by atoms with Crippen LogP contribution in [0.1, 0.15) is 12.7 Å². The van der Waals surface area contributed by atoms with E-state index in [0.29, 0.717) is 11.9 Å². The summed E-state index contributed by atoms with van der Waals surface area (Å²) in [6.07, 6.45) is 0. The van der Waals surface area contributed by atoms with Crippen LogP contribution in [0.2, 0.25) is 0 Å². The topological polar surface area (TPSA) is 54.2 Å². The molecule has 1 N–H and O–H groups in total. The van der Waals surface area contributed by atoms with E-state index in [4.69, 9.17) is 4.52 Å². The van der Waals surface area contributed by atoms with Crippen LogP contribution in [0.25, 0.3) is 11.5 Å². The van der Waals surface area contributed by atoms with Crippen LogP contribution < -0.4 is 5.32 Å². The second-order valence-electron chi connectivity index (χ2n) is 4.62. The minimum Gasteiger partial charge on any atom is -0.334 e. The molecule has 0 amide bonds. The Balaban J connectivity index is 1.66. The molecule has 1 aliphatic heterocycles. The lowest BCUT2D eigenvalue weighted by atomic mass is 10.2. The molecule has 3 rings (SSSR count). The summed E-state index contributed by atoms with van der Waals surface area (Å²) in [5.74, 6) is 1.39. The van der Waals surface area contributed by atoms with Gasteiger partial charge in [-0.3, -0.25) is 4.90 Å². The Bertz CT molecular complexity index is 496. The fraction of sp³-hybridized carbons (Fsp3) is 0.500. The van der Waals surface area contributed by atoms with E-state index in [1.54, 1.807) is 11.3 Å². The summed E-state index contributed by atoms with van der Waals surface area (Å²) in [6, 6.07) is 2.52. The molecule has 0 aliphatic carbocycles. The van der Waals surface area contributed by atoms with Crippen molar-refractivity contribution < 1.29 is 4.52 Å². The molecule has 1 aliphatic rings. The van der Waals surface area contributed by atoms with Gasteiger partial charge < -0.3 is 9.84 Å². The first-order valence-corrected chi connectivity index (χ1v) is 7.06. The fourth-order valence-electron chi connectivity index (χ4n) is 2.18. The molecule has 18 heavy (non-hydrogen) atoms. The molecular weight excluding hydrogens is 248 g/mol. The van der Waals surface area contributed by atoms with Gasteiger partial charge in [0.25, 0.3) is 5.89 Å². The number of nitrogens with zero attached hydrogens (tertiary/aromatic N) is 3. The Morgan fingerprint density at radius 3 is 3.33 bits per heavy atom. The molecule has 0 unspecified atom stereocenters. The zero-order valence-corrected chi connectivity index (χ0v) is 11.1. The van der Waals surface area contributed by atoms with Crippen LogP contribution in [-0.2, 0) is 6.54 Å². The molecule has 1 atom stereocenters. The molecule has 0 spiro atoms. The molecule has 3 heterocycles. The molecule has 0 saturated carbocycles. The Morgan fingerprint density at radius 2 is 2.56 bits per heavy atom. The smallest absolute Gasteiger partial charge is 0.258 e. The van der Waals surface area contributed by atoms with Crippen molar-refractivity contribution >= 4 is 11.3 Å². The number of thiophene rings is 1. The molecule has 1 fully saturated rings. The van der Waals surface area contributed by atoms with Gasteiger partial charge in [0.1, 0.15) is 0 Å². The summed E-state index contributed by atoms with van der Waals surface area (Å²) in [4.78, 5) is 6.79. The van der Waals surface area contributed by atoms with Crippen LogP contribution in [0.3, 0.4) is 0 Å². The maximum atomic E-state index is 5.28. The quantitative estimate of drug-likeness (QED) is 0.912. The maximum Gasteiger partial charge on any atom is 0.258 e. The monoisotopic (exact) mass is 264 g/mol. The van der Waals surface area contributed by atoms with Gasteiger partial charge in [-0.1, -0.05) is 5.16 Å². The number of aromatic nitrogens is 2. The van der Waals surface area contributed by atoms with Gasteiger partial charge in [0, 0.05) is 31.1 Å². The molecule has 5 nitrogen and oxygen atoms in total. The van der Waals surface area contributed by atoms with E-state index in [-0.39, 0.29) is 0 Å². The van der Waals surface area contributed by atoms with Gasteiger partial charge in [-0.15, -0.1) is 0 Å². The number of hydrogen-bond donors (Lipinski definition) is 1. The molecule has 0 aromatic carbocycles. The third kappa shape index (κ3) is 2.60. The van der Waals surface area contributed by atoms with E-state index in [1.165, 1.54) is 0 Å². The van der Waals surface area contributed by atoms with Crippen molar-refractivity contribution in [2.24, 2.45) is 0 Å². The zero-order valence-electron chi connectivity index (χ0n) is 10.3. The van der Waals surface area contributed by atoms with Crippen LogP contribution in [0, 0.1) is 0 Å². The molecule has 0 bridgehead atoms. The fourth-order valence-corrected chi connectivity index (χ4v) is 2.81. The molecule has 1 saturated heterocycles. The second-order valence-corrected chi connectivity index (χ2v) is 5.40. The Kier molecular flexibility index (Phi) is 3.40. The lowest BCUT2D eigenvalue weighted by Gasteiger charge is -2.30. The predicted octanol–water partition coefficient (Wildman–Crippen LogP) is 1.59. The average molecular weight is 264 g/mol. The summed E-state index contributed by atoms with van der Waals surface area (Å²) >= 11 is 1.63. The van der Waals surface area contributed by atoms with Crippen molar-refractivity contribution in [2.45, 2.75) is 19.5 Å². The summed E-state index contributed by atoms with van der Waals surface area (Å²) in [7, 11) is 0. The van der Waals surface area contributed by atoms with Gasteiger partial charge >= 0.3 is 0 Å². The summed E-state index contributed by atoms with van der Waals surface area (Å²) in [5.41, 5.74) is 1.01. The first kappa shape index (κ1) is 11.8. The van der Waals surface area contributed by atoms with E-state index < -0.39 is 0 Å². The van der Waals surface area contributed by atoms with Gasteiger partial charge in [0.15, 0.2) is 5.82 Å². The maximum absolute atomic E-state index is 5.28. The van der Waals surface area contributed by atoms with Crippen molar-refractivity contribution in [1.82, 2.24) is 20.4 Å². The number of piperazine rings is 1. The summed E-state index contributed by atoms with van der Waals surface area (Å²) < 4.78 is 5.28. The number of hydrogen-bond acceptors (Lipinski definition) is 6. The van der Waals surface area contributed by atoms with E-state index in [1.807, 2.05) is 16.8 Å². The molecule has 6 heteroatoms. The molecule has 2 aromatic heterocycles. The third-order valence-electron chi connectivity index (χ3n) is 3.05. The molecule has 0 radical (unpaired) electrons. The largest absolute Gasteiger partial charge is 0.334 e. The normalized spacial score (nSPS) is 21.3. The van der Waals surface area contributed by atoms with Crippen LogP contribution in [0.5, 0.6) is 0 Å². The van der Waals surface area contributed by atoms with Gasteiger partial charge in [0.2, 0.25) is 0 Å². The SMILES string of the molecule is C[C@@H]1CN(Cc2noc(-c3ccsc3)n2)CCN1. The van der Waals surface area contributed by atoms with Crippen molar-refractivity contribution in [1.29, 1.82) is 0 Å². The highest BCUT2D eigenvalue weighted by Crippen LogP contribution is 2.20. The number of rotatable bonds is 3. The van der Waals surface area contributed by atoms with Gasteiger partial charge in [-0.25, -0.2) is 0 Å². The van der Waals surface area contributed by atoms with Crippen LogP contribution >= 0.6 is 11.3 Å². The minimum absolute atomic E-state index is 0.530. The predicted molar refractivity (Wildman–Crippen MR) is 70.4 cm³/mol. The Labute approximate surface area is 110 Å². The zero-order chi connectivity index (χ0) is 12.4. The van der Waals surface area contributed by atoms with Crippen LogP contribution in [0.15, 0.2) is 21.3 Å². The van der Waals surface area contributed by atoms with E-state index in [2.05, 4.69) is 27.3 Å². The van der Waals surface area contributed by atoms with Crippen molar-refractivity contribution in [3.8, 4) is 11.5 Å². The summed E-state index contributed by atoms with van der Waals surface area (Å²) in [5, 5.41) is 11.5. The number of nitrogens with one attached hydrogen (secondary N) is 1. The summed E-state index contributed by atoms with van der Waals surface area (Å²) in [6.45, 7) is 6.05. The molecular formula is C12H16N4OS. The highest BCUT2D eigenvalue weighted by atomic mass is 32.1. The van der Waals surface area contributed by atoms with Gasteiger partial charge in [-0.05, 0) is 18.4 Å². The highest BCUT2D eigenvalue weighted by Gasteiger charge is 2.18. The van der Waals surface area contributed by atoms with E-state index in [9.17, 15) is 0 Å². The minimum atomic E-state index is 0.530. The third-order valence-corrected chi connectivity index (χ3v) is 3.74. The van der Waals surface area contributed by atoms with E-state index >= 15 is 0 Å². The van der Waals surface area contributed by atoms with Crippen molar-refractivity contribution in [2.75, 3.05) is 19.6 Å². The van der Waals surface area contributed by atoms with Gasteiger partial charge in [0.05, 0.1) is 12.1 Å². The van der Waals surface area contributed by atoms with Crippen molar-refractivity contribution in [3.63, 3.8) is 0 Å². The van der Waals surface area contributed by atoms with E-state index in [0.717, 1.165) is 37.6 Å². The Hall–Kier alpha value is -1.24. The lowest BCUT2D eigenvalue weighted by Crippen LogP contribution is -2.48.